The highest BCUT2D eigenvalue weighted by molar-refractivity contribution is 7.24. The van der Waals surface area contributed by atoms with Crippen LogP contribution in [0, 0.1) is 10.8 Å². The largest absolute Gasteiger partial charge is 0.384 e. The molecule has 124 valence electrons. The normalized spacial score (nSPS) is 11.0. The molecule has 0 saturated carbocycles. The average molecular weight is 365 g/mol. The molecule has 0 aliphatic heterocycles. The van der Waals surface area contributed by atoms with Crippen molar-refractivity contribution in [2.75, 3.05) is 0 Å². The zero-order valence-corrected chi connectivity index (χ0v) is 14.7. The van der Waals surface area contributed by atoms with E-state index in [1.54, 1.807) is 11.3 Å². The lowest BCUT2D eigenvalue weighted by molar-refractivity contribution is 1.42. The Kier molecular flexibility index (Phi) is 3.67. The molecule has 5 nitrogen and oxygen atoms in total. The van der Waals surface area contributed by atoms with Crippen LogP contribution in [0.3, 0.4) is 0 Å². The second kappa shape index (κ2) is 5.87. The fraction of sp³-hybridized carbons (Fsp3) is 0. The van der Waals surface area contributed by atoms with Gasteiger partial charge in [-0.1, -0.05) is 12.1 Å². The van der Waals surface area contributed by atoms with Crippen molar-refractivity contribution in [3.8, 4) is 20.3 Å². The van der Waals surface area contributed by atoms with Gasteiger partial charge < -0.3 is 16.5 Å². The first-order chi connectivity index (χ1) is 12.0. The maximum absolute atomic E-state index is 7.56. The Labute approximate surface area is 151 Å². The van der Waals surface area contributed by atoms with Gasteiger partial charge in [-0.2, -0.15) is 0 Å². The first kappa shape index (κ1) is 15.6. The number of aromatic amines is 1. The van der Waals surface area contributed by atoms with Crippen molar-refractivity contribution >= 4 is 45.2 Å². The van der Waals surface area contributed by atoms with Crippen molar-refractivity contribution < 1.29 is 0 Å². The van der Waals surface area contributed by atoms with E-state index in [9.17, 15) is 0 Å². The Morgan fingerprint density at radius 1 is 0.800 bits per heavy atom. The Morgan fingerprint density at radius 2 is 1.52 bits per heavy atom. The standard InChI is InChI=1S/C18H15N5S2/c19-17(20)10-2-1-9-7-12(23-11(9)8-10)13-3-4-14(24-13)15-5-6-16(25-15)18(21)22/h1-8,23H,(H3,19,20)(H3,21,22). The first-order valence-electron chi connectivity index (χ1n) is 7.53. The zero-order valence-electron chi connectivity index (χ0n) is 13.1. The molecule has 1 aromatic carbocycles. The summed E-state index contributed by atoms with van der Waals surface area (Å²) in [4.78, 5) is 7.58. The van der Waals surface area contributed by atoms with Gasteiger partial charge in [-0.15, -0.1) is 22.7 Å². The topological polar surface area (TPSA) is 116 Å². The second-order valence-corrected chi connectivity index (χ2v) is 7.81. The minimum Gasteiger partial charge on any atom is -0.384 e. The van der Waals surface area contributed by atoms with E-state index in [1.165, 1.54) is 11.3 Å². The smallest absolute Gasteiger partial charge is 0.133 e. The van der Waals surface area contributed by atoms with Crippen LogP contribution in [0.1, 0.15) is 10.4 Å². The lowest BCUT2D eigenvalue weighted by Crippen LogP contribution is -2.10. The number of thiophene rings is 2. The fourth-order valence-electron chi connectivity index (χ4n) is 2.66. The predicted molar refractivity (Wildman–Crippen MR) is 107 cm³/mol. The molecule has 4 aromatic rings. The number of H-pyrrole nitrogens is 1. The SMILES string of the molecule is N=C(N)c1ccc2cc(-c3ccc(-c4ccc(C(=N)N)s4)s3)[nH]c2c1. The van der Waals surface area contributed by atoms with Gasteiger partial charge in [-0.05, 0) is 36.4 Å². The lowest BCUT2D eigenvalue weighted by Gasteiger charge is -1.97. The Hall–Kier alpha value is -2.90. The third-order valence-corrected chi connectivity index (χ3v) is 6.35. The van der Waals surface area contributed by atoms with Crippen molar-refractivity contribution in [3.05, 3.63) is 59.0 Å². The van der Waals surface area contributed by atoms with Gasteiger partial charge in [0.25, 0.3) is 0 Å². The van der Waals surface area contributed by atoms with E-state index in [-0.39, 0.29) is 11.7 Å². The highest BCUT2D eigenvalue weighted by atomic mass is 32.1. The summed E-state index contributed by atoms with van der Waals surface area (Å²) >= 11 is 3.22. The summed E-state index contributed by atoms with van der Waals surface area (Å²) in [5.41, 5.74) is 13.8. The molecular weight excluding hydrogens is 350 g/mol. The van der Waals surface area contributed by atoms with Gasteiger partial charge in [0.1, 0.15) is 11.7 Å². The van der Waals surface area contributed by atoms with Crippen LogP contribution in [0.25, 0.3) is 31.2 Å². The second-order valence-electron chi connectivity index (χ2n) is 5.64. The molecule has 7 N–H and O–H groups in total. The molecule has 3 aromatic heterocycles. The van der Waals surface area contributed by atoms with Crippen LogP contribution in [0.15, 0.2) is 48.5 Å². The van der Waals surface area contributed by atoms with Crippen molar-refractivity contribution in [3.63, 3.8) is 0 Å². The third-order valence-electron chi connectivity index (χ3n) is 3.92. The molecule has 0 unspecified atom stereocenters. The minimum atomic E-state index is 0.0652. The first-order valence-corrected chi connectivity index (χ1v) is 9.16. The number of nitrogens with one attached hydrogen (secondary N) is 3. The zero-order chi connectivity index (χ0) is 17.6. The molecule has 0 spiro atoms. The molecule has 4 rings (SSSR count). The number of hydrogen-bond donors (Lipinski definition) is 5. The van der Waals surface area contributed by atoms with Crippen LogP contribution >= 0.6 is 22.7 Å². The maximum atomic E-state index is 7.56. The molecular formula is C18H15N5S2. The molecule has 0 amide bonds. The highest BCUT2D eigenvalue weighted by Crippen LogP contribution is 2.38. The molecule has 0 aliphatic rings. The molecule has 7 heteroatoms. The van der Waals surface area contributed by atoms with Gasteiger partial charge in [0.05, 0.1) is 15.4 Å². The van der Waals surface area contributed by atoms with Gasteiger partial charge in [0.2, 0.25) is 0 Å². The number of benzene rings is 1. The minimum absolute atomic E-state index is 0.0652. The van der Waals surface area contributed by atoms with Crippen LogP contribution in [0.5, 0.6) is 0 Å². The van der Waals surface area contributed by atoms with E-state index >= 15 is 0 Å². The summed E-state index contributed by atoms with van der Waals surface area (Å²) < 4.78 is 0. The van der Waals surface area contributed by atoms with Crippen LogP contribution < -0.4 is 11.5 Å². The number of fused-ring (bicyclic) bond motifs is 1. The third kappa shape index (κ3) is 2.84. The number of hydrogen-bond acceptors (Lipinski definition) is 4. The maximum Gasteiger partial charge on any atom is 0.133 e. The molecule has 0 bridgehead atoms. The summed E-state index contributed by atoms with van der Waals surface area (Å²) in [7, 11) is 0. The van der Waals surface area contributed by atoms with E-state index < -0.39 is 0 Å². The van der Waals surface area contributed by atoms with Crippen LogP contribution in [-0.4, -0.2) is 16.7 Å². The molecule has 0 saturated heterocycles. The lowest BCUT2D eigenvalue weighted by atomic mass is 10.1. The van der Waals surface area contributed by atoms with E-state index in [0.717, 1.165) is 36.1 Å². The van der Waals surface area contributed by atoms with Gasteiger partial charge >= 0.3 is 0 Å². The van der Waals surface area contributed by atoms with E-state index in [2.05, 4.69) is 23.2 Å². The number of aromatic nitrogens is 1. The molecule has 25 heavy (non-hydrogen) atoms. The van der Waals surface area contributed by atoms with E-state index in [1.807, 2.05) is 30.3 Å². The number of nitrogens with two attached hydrogens (primary N) is 2. The van der Waals surface area contributed by atoms with Gasteiger partial charge in [-0.25, -0.2) is 0 Å². The van der Waals surface area contributed by atoms with Crippen molar-refractivity contribution in [2.24, 2.45) is 11.5 Å². The van der Waals surface area contributed by atoms with Crippen molar-refractivity contribution in [1.29, 1.82) is 10.8 Å². The summed E-state index contributed by atoms with van der Waals surface area (Å²) in [6, 6.07) is 15.9. The van der Waals surface area contributed by atoms with Crippen LogP contribution in [0.2, 0.25) is 0 Å². The molecule has 0 radical (unpaired) electrons. The van der Waals surface area contributed by atoms with Gasteiger partial charge in [0.15, 0.2) is 0 Å². The predicted octanol–water partition coefficient (Wildman–Crippen LogP) is 4.19. The van der Waals surface area contributed by atoms with Crippen molar-refractivity contribution in [1.82, 2.24) is 4.98 Å². The summed E-state index contributed by atoms with van der Waals surface area (Å²) in [5.74, 6) is 0.167. The van der Waals surface area contributed by atoms with E-state index in [0.29, 0.717) is 5.56 Å². The average Bonchev–Trinajstić information content (AvgIpc) is 3.31. The van der Waals surface area contributed by atoms with Crippen molar-refractivity contribution in [2.45, 2.75) is 0 Å². The quantitative estimate of drug-likeness (QED) is 0.275. The number of nitrogen functional groups attached to an aromatic ring is 2. The molecule has 0 atom stereocenters. The number of rotatable bonds is 4. The molecule has 0 aliphatic carbocycles. The van der Waals surface area contributed by atoms with E-state index in [4.69, 9.17) is 22.3 Å². The monoisotopic (exact) mass is 365 g/mol. The van der Waals surface area contributed by atoms with Crippen LogP contribution in [0.4, 0.5) is 0 Å². The molecule has 0 fully saturated rings. The highest BCUT2D eigenvalue weighted by Gasteiger charge is 2.11. The van der Waals surface area contributed by atoms with Gasteiger partial charge in [-0.3, -0.25) is 10.8 Å². The Balaban J connectivity index is 1.70. The fourth-order valence-corrected chi connectivity index (χ4v) is 4.59. The van der Waals surface area contributed by atoms with Gasteiger partial charge in [0, 0.05) is 26.2 Å². The summed E-state index contributed by atoms with van der Waals surface area (Å²) in [6.07, 6.45) is 0. The Bertz CT molecular complexity index is 1120. The summed E-state index contributed by atoms with van der Waals surface area (Å²) in [5, 5.41) is 16.2. The summed E-state index contributed by atoms with van der Waals surface area (Å²) in [6.45, 7) is 0. The molecule has 3 heterocycles. The Morgan fingerprint density at radius 3 is 2.24 bits per heavy atom. The number of amidine groups is 2. The van der Waals surface area contributed by atoms with Crippen LogP contribution in [-0.2, 0) is 0 Å².